The van der Waals surface area contributed by atoms with E-state index >= 15 is 0 Å². The van der Waals surface area contributed by atoms with Crippen LogP contribution >= 0.6 is 0 Å². The summed E-state index contributed by atoms with van der Waals surface area (Å²) in [5.74, 6) is -0.118. The van der Waals surface area contributed by atoms with Crippen molar-refractivity contribution in [3.8, 4) is 6.07 Å². The molecule has 3 heteroatoms. The van der Waals surface area contributed by atoms with Crippen LogP contribution in [0.15, 0.2) is 24.3 Å². The summed E-state index contributed by atoms with van der Waals surface area (Å²) in [4.78, 5) is 11.5. The van der Waals surface area contributed by atoms with Gasteiger partial charge in [-0.2, -0.15) is 5.26 Å². The van der Waals surface area contributed by atoms with E-state index in [9.17, 15) is 4.79 Å². The normalized spacial score (nSPS) is 11.6. The van der Waals surface area contributed by atoms with Crippen LogP contribution in [-0.4, -0.2) is 12.5 Å². The highest BCUT2D eigenvalue weighted by molar-refractivity contribution is 5.76. The minimum absolute atomic E-state index is 0.00959. The summed E-state index contributed by atoms with van der Waals surface area (Å²) in [6, 6.07) is 10.2. The first-order valence-electron chi connectivity index (χ1n) is 5.84. The lowest BCUT2D eigenvalue weighted by Crippen LogP contribution is -2.27. The van der Waals surface area contributed by atoms with Crippen molar-refractivity contribution in [2.24, 2.45) is 5.92 Å². The van der Waals surface area contributed by atoms with Gasteiger partial charge in [-0.15, -0.1) is 0 Å². The monoisotopic (exact) mass is 230 g/mol. The molecule has 0 fully saturated rings. The smallest absolute Gasteiger partial charge is 0.220 e. The minimum Gasteiger partial charge on any atom is -0.355 e. The highest BCUT2D eigenvalue weighted by Crippen LogP contribution is 2.09. The van der Waals surface area contributed by atoms with Crippen molar-refractivity contribution in [2.45, 2.75) is 26.7 Å². The maximum Gasteiger partial charge on any atom is 0.220 e. The molecule has 0 aromatic heterocycles. The van der Waals surface area contributed by atoms with Gasteiger partial charge in [0.25, 0.3) is 0 Å². The fraction of sp³-hybridized carbons (Fsp3) is 0.429. The van der Waals surface area contributed by atoms with Crippen LogP contribution < -0.4 is 5.32 Å². The average Bonchev–Trinajstić information content (AvgIpc) is 2.35. The van der Waals surface area contributed by atoms with Gasteiger partial charge in [0.1, 0.15) is 0 Å². The highest BCUT2D eigenvalue weighted by atomic mass is 16.1. The number of nitriles is 1. The van der Waals surface area contributed by atoms with Gasteiger partial charge in [-0.3, -0.25) is 4.79 Å². The summed E-state index contributed by atoms with van der Waals surface area (Å²) in [7, 11) is 0. The molecule has 1 aromatic rings. The number of hydrogen-bond acceptors (Lipinski definition) is 2. The van der Waals surface area contributed by atoms with Crippen LogP contribution in [0.5, 0.6) is 0 Å². The molecule has 3 nitrogen and oxygen atoms in total. The van der Waals surface area contributed by atoms with Gasteiger partial charge in [0.15, 0.2) is 0 Å². The fourth-order valence-corrected chi connectivity index (χ4v) is 1.54. The van der Waals surface area contributed by atoms with Gasteiger partial charge in [0, 0.05) is 13.0 Å². The highest BCUT2D eigenvalue weighted by Gasteiger charge is 2.05. The molecule has 90 valence electrons. The summed E-state index contributed by atoms with van der Waals surface area (Å²) in [6.45, 7) is 4.27. The Labute approximate surface area is 102 Å². The third-order valence-electron chi connectivity index (χ3n) is 2.71. The van der Waals surface area contributed by atoms with E-state index in [1.165, 1.54) is 11.1 Å². The molecular weight excluding hydrogens is 212 g/mol. The van der Waals surface area contributed by atoms with Crippen LogP contribution in [-0.2, 0) is 11.2 Å². The zero-order valence-electron chi connectivity index (χ0n) is 10.4. The molecule has 0 spiro atoms. The van der Waals surface area contributed by atoms with Crippen LogP contribution in [0.25, 0.3) is 0 Å². The van der Waals surface area contributed by atoms with Crippen LogP contribution in [0.1, 0.15) is 24.5 Å². The Balaban J connectivity index is 2.34. The first-order chi connectivity index (χ1) is 8.13. The largest absolute Gasteiger partial charge is 0.355 e. The molecule has 1 aromatic carbocycles. The van der Waals surface area contributed by atoms with E-state index in [2.05, 4.69) is 11.4 Å². The molecule has 0 heterocycles. The molecule has 1 atom stereocenters. The molecule has 0 aliphatic heterocycles. The Morgan fingerprint density at radius 3 is 2.82 bits per heavy atom. The van der Waals surface area contributed by atoms with E-state index in [0.717, 1.165) is 6.42 Å². The maximum atomic E-state index is 11.5. The van der Waals surface area contributed by atoms with Crippen LogP contribution in [0.2, 0.25) is 0 Å². The molecule has 0 aliphatic carbocycles. The van der Waals surface area contributed by atoms with Gasteiger partial charge in [-0.05, 0) is 31.4 Å². The first kappa shape index (κ1) is 13.2. The SMILES string of the molecule is Cc1ccccc1CCC(=O)NCC(C)C#N. The number of nitrogens with zero attached hydrogens (tertiary/aromatic N) is 1. The predicted octanol–water partition coefficient (Wildman–Crippen LogP) is 2.20. The number of rotatable bonds is 5. The molecule has 17 heavy (non-hydrogen) atoms. The standard InChI is InChI=1S/C14H18N2O/c1-11(9-15)10-16-14(17)8-7-13-6-4-3-5-12(13)2/h3-6,11H,7-8,10H2,1-2H3,(H,16,17). The second-order valence-corrected chi connectivity index (χ2v) is 4.26. The number of amides is 1. The van der Waals surface area contributed by atoms with E-state index in [0.29, 0.717) is 13.0 Å². The summed E-state index contributed by atoms with van der Waals surface area (Å²) in [6.07, 6.45) is 1.22. The topological polar surface area (TPSA) is 52.9 Å². The summed E-state index contributed by atoms with van der Waals surface area (Å²) in [5, 5.41) is 11.4. The third kappa shape index (κ3) is 4.69. The van der Waals surface area contributed by atoms with Gasteiger partial charge in [0.05, 0.1) is 12.0 Å². The van der Waals surface area contributed by atoms with E-state index in [4.69, 9.17) is 5.26 Å². The van der Waals surface area contributed by atoms with Crippen molar-refractivity contribution in [1.29, 1.82) is 5.26 Å². The summed E-state index contributed by atoms with van der Waals surface area (Å²) < 4.78 is 0. The van der Waals surface area contributed by atoms with Gasteiger partial charge in [-0.1, -0.05) is 24.3 Å². The molecule has 0 aliphatic rings. The number of hydrogen-bond donors (Lipinski definition) is 1. The van der Waals surface area contributed by atoms with Crippen LogP contribution in [0.4, 0.5) is 0 Å². The van der Waals surface area contributed by atoms with Crippen molar-refractivity contribution in [1.82, 2.24) is 5.32 Å². The quantitative estimate of drug-likeness (QED) is 0.843. The Kier molecular flexibility index (Phi) is 5.22. The molecule has 1 rings (SSSR count). The van der Waals surface area contributed by atoms with E-state index in [1.54, 1.807) is 6.92 Å². The van der Waals surface area contributed by atoms with Gasteiger partial charge in [0.2, 0.25) is 5.91 Å². The zero-order valence-corrected chi connectivity index (χ0v) is 10.4. The lowest BCUT2D eigenvalue weighted by Gasteiger charge is -2.07. The lowest BCUT2D eigenvalue weighted by atomic mass is 10.0. The third-order valence-corrected chi connectivity index (χ3v) is 2.71. The van der Waals surface area contributed by atoms with Gasteiger partial charge in [-0.25, -0.2) is 0 Å². The van der Waals surface area contributed by atoms with E-state index in [1.807, 2.05) is 31.2 Å². The minimum atomic E-state index is -0.127. The molecule has 0 radical (unpaired) electrons. The number of nitrogens with one attached hydrogen (secondary N) is 1. The van der Waals surface area contributed by atoms with Crippen molar-refractivity contribution in [2.75, 3.05) is 6.54 Å². The second kappa shape index (κ2) is 6.70. The summed E-state index contributed by atoms with van der Waals surface area (Å²) >= 11 is 0. The molecule has 0 saturated carbocycles. The maximum absolute atomic E-state index is 11.5. The number of carbonyl (C=O) groups is 1. The zero-order chi connectivity index (χ0) is 12.7. The van der Waals surface area contributed by atoms with E-state index in [-0.39, 0.29) is 11.8 Å². The van der Waals surface area contributed by atoms with Crippen LogP contribution in [0, 0.1) is 24.2 Å². The molecule has 1 unspecified atom stereocenters. The number of aryl methyl sites for hydroxylation is 2. The van der Waals surface area contributed by atoms with Gasteiger partial charge >= 0.3 is 0 Å². The Hall–Kier alpha value is -1.82. The first-order valence-corrected chi connectivity index (χ1v) is 5.84. The Bertz CT molecular complexity index is 420. The summed E-state index contributed by atoms with van der Waals surface area (Å²) in [5.41, 5.74) is 2.42. The molecular formula is C14H18N2O. The van der Waals surface area contributed by atoms with Crippen molar-refractivity contribution in [3.63, 3.8) is 0 Å². The number of benzene rings is 1. The van der Waals surface area contributed by atoms with E-state index < -0.39 is 0 Å². The molecule has 1 N–H and O–H groups in total. The number of carbonyl (C=O) groups excluding carboxylic acids is 1. The second-order valence-electron chi connectivity index (χ2n) is 4.26. The van der Waals surface area contributed by atoms with Crippen molar-refractivity contribution >= 4 is 5.91 Å². The predicted molar refractivity (Wildman–Crippen MR) is 67.3 cm³/mol. The average molecular weight is 230 g/mol. The van der Waals surface area contributed by atoms with Crippen molar-refractivity contribution < 1.29 is 4.79 Å². The van der Waals surface area contributed by atoms with Crippen molar-refractivity contribution in [3.05, 3.63) is 35.4 Å². The Morgan fingerprint density at radius 1 is 1.47 bits per heavy atom. The molecule has 1 amide bonds. The van der Waals surface area contributed by atoms with Gasteiger partial charge < -0.3 is 5.32 Å². The Morgan fingerprint density at radius 2 is 2.18 bits per heavy atom. The fourth-order valence-electron chi connectivity index (χ4n) is 1.54. The molecule has 0 saturated heterocycles. The molecule has 0 bridgehead atoms. The van der Waals surface area contributed by atoms with Crippen LogP contribution in [0.3, 0.4) is 0 Å². The lowest BCUT2D eigenvalue weighted by molar-refractivity contribution is -0.121.